The van der Waals surface area contributed by atoms with Gasteiger partial charge in [-0.15, -0.1) is 0 Å². The van der Waals surface area contributed by atoms with Crippen LogP contribution in [0.25, 0.3) is 0 Å². The maximum absolute atomic E-state index is 12.1. The van der Waals surface area contributed by atoms with E-state index < -0.39 is 0 Å². The van der Waals surface area contributed by atoms with E-state index in [-0.39, 0.29) is 5.78 Å². The van der Waals surface area contributed by atoms with Gasteiger partial charge in [-0.1, -0.05) is 72.6 Å². The van der Waals surface area contributed by atoms with Crippen molar-refractivity contribution in [1.82, 2.24) is 0 Å². The van der Waals surface area contributed by atoms with Crippen LogP contribution in [0.4, 0.5) is 0 Å². The number of fused-ring (bicyclic) bond motifs is 4. The zero-order valence-electron chi connectivity index (χ0n) is 13.3. The Kier molecular flexibility index (Phi) is 5.08. The molecule has 3 rings (SSSR count). The zero-order chi connectivity index (χ0) is 16.6. The highest BCUT2D eigenvalue weighted by Crippen LogP contribution is 2.17. The van der Waals surface area contributed by atoms with E-state index in [1.165, 1.54) is 0 Å². The van der Waals surface area contributed by atoms with E-state index in [0.717, 1.165) is 22.3 Å². The van der Waals surface area contributed by atoms with Gasteiger partial charge in [-0.3, -0.25) is 4.79 Å². The summed E-state index contributed by atoms with van der Waals surface area (Å²) < 4.78 is 0. The van der Waals surface area contributed by atoms with Gasteiger partial charge in [-0.25, -0.2) is 0 Å². The third kappa shape index (κ3) is 4.60. The average molecular weight is 308 g/mol. The lowest BCUT2D eigenvalue weighted by Gasteiger charge is -1.99. The van der Waals surface area contributed by atoms with Crippen LogP contribution in [-0.4, -0.2) is 5.78 Å². The molecule has 0 aromatic carbocycles. The molecular formula is C23H16O. The minimum Gasteiger partial charge on any atom is -0.290 e. The van der Waals surface area contributed by atoms with Crippen LogP contribution in [0, 0.1) is 23.7 Å². The van der Waals surface area contributed by atoms with Crippen molar-refractivity contribution in [1.29, 1.82) is 0 Å². The summed E-state index contributed by atoms with van der Waals surface area (Å²) in [4.78, 5) is 12.1. The molecule has 0 aromatic rings. The third-order valence-electron chi connectivity index (χ3n) is 3.66. The van der Waals surface area contributed by atoms with Crippen molar-refractivity contribution >= 4 is 5.78 Å². The number of ketones is 1. The maximum Gasteiger partial charge on any atom is 0.178 e. The van der Waals surface area contributed by atoms with Gasteiger partial charge >= 0.3 is 0 Å². The minimum absolute atomic E-state index is 0.0265. The molecule has 0 radical (unpaired) electrons. The standard InChI is InChI=1S/C23H16O/c24-23-15-13-21-11-5-3-9-19(17-21)7-1-2-8-20-10-4-6-12-22(18-20)14-16-23/h3-6,9-16H,17-18H2/b15-13+,16-14+. The van der Waals surface area contributed by atoms with Crippen LogP contribution in [0.15, 0.2) is 95.2 Å². The van der Waals surface area contributed by atoms with E-state index in [1.807, 2.05) is 60.8 Å². The van der Waals surface area contributed by atoms with Crippen molar-refractivity contribution in [3.8, 4) is 23.7 Å². The van der Waals surface area contributed by atoms with Gasteiger partial charge in [0.15, 0.2) is 5.78 Å². The Bertz CT molecular complexity index is 838. The van der Waals surface area contributed by atoms with Gasteiger partial charge in [-0.05, 0) is 35.1 Å². The molecule has 0 saturated carbocycles. The third-order valence-corrected chi connectivity index (χ3v) is 3.66. The van der Waals surface area contributed by atoms with Crippen molar-refractivity contribution in [3.05, 3.63) is 95.2 Å². The molecule has 0 saturated heterocycles. The maximum atomic E-state index is 12.1. The number of hydrogen-bond acceptors (Lipinski definition) is 1. The van der Waals surface area contributed by atoms with Crippen LogP contribution in [0.3, 0.4) is 0 Å². The SMILES string of the molecule is O=C1/C=C/C2=CC=CC=C(C#CC#CC3=CC=CC=C(/C=C/1)C3)C2. The van der Waals surface area contributed by atoms with E-state index in [0.29, 0.717) is 12.8 Å². The van der Waals surface area contributed by atoms with E-state index in [1.54, 1.807) is 12.2 Å². The Hall–Kier alpha value is -3.29. The van der Waals surface area contributed by atoms with Gasteiger partial charge in [0.05, 0.1) is 0 Å². The van der Waals surface area contributed by atoms with Crippen LogP contribution in [0.1, 0.15) is 12.8 Å². The first kappa shape index (κ1) is 15.6. The first-order chi connectivity index (χ1) is 11.8. The minimum atomic E-state index is -0.0265. The Labute approximate surface area is 142 Å². The van der Waals surface area contributed by atoms with Crippen LogP contribution in [0.5, 0.6) is 0 Å². The molecule has 0 heterocycles. The van der Waals surface area contributed by atoms with E-state index in [4.69, 9.17) is 0 Å². The van der Waals surface area contributed by atoms with Gasteiger partial charge < -0.3 is 0 Å². The summed E-state index contributed by atoms with van der Waals surface area (Å²) >= 11 is 0. The van der Waals surface area contributed by atoms with E-state index in [9.17, 15) is 4.79 Å². The largest absolute Gasteiger partial charge is 0.290 e. The van der Waals surface area contributed by atoms with Gasteiger partial charge in [0.1, 0.15) is 0 Å². The first-order valence-corrected chi connectivity index (χ1v) is 7.84. The van der Waals surface area contributed by atoms with Crippen molar-refractivity contribution < 1.29 is 4.79 Å². The smallest absolute Gasteiger partial charge is 0.178 e. The lowest BCUT2D eigenvalue weighted by atomic mass is 10.0. The molecule has 24 heavy (non-hydrogen) atoms. The molecule has 4 bridgehead atoms. The molecular weight excluding hydrogens is 292 g/mol. The molecule has 1 heteroatoms. The molecule has 0 amide bonds. The molecule has 3 aliphatic carbocycles. The molecule has 0 unspecified atom stereocenters. The zero-order valence-corrected chi connectivity index (χ0v) is 13.3. The number of carbonyl (C=O) groups excluding carboxylic acids is 1. The molecule has 3 aliphatic rings. The Balaban J connectivity index is 1.99. The summed E-state index contributed by atoms with van der Waals surface area (Å²) in [6, 6.07) is 0. The monoisotopic (exact) mass is 308 g/mol. The summed E-state index contributed by atoms with van der Waals surface area (Å²) in [7, 11) is 0. The second kappa shape index (κ2) is 7.82. The average Bonchev–Trinajstić information content (AvgIpc) is 2.95. The number of carbonyl (C=O) groups is 1. The van der Waals surface area contributed by atoms with Gasteiger partial charge in [0.25, 0.3) is 0 Å². The van der Waals surface area contributed by atoms with Crippen molar-refractivity contribution in [2.24, 2.45) is 0 Å². The van der Waals surface area contributed by atoms with Crippen LogP contribution < -0.4 is 0 Å². The highest BCUT2D eigenvalue weighted by molar-refractivity contribution is 5.99. The predicted octanol–water partition coefficient (Wildman–Crippen LogP) is 4.31. The summed E-state index contributed by atoms with van der Waals surface area (Å²) in [5, 5.41) is 0. The molecule has 0 atom stereocenters. The second-order valence-corrected chi connectivity index (χ2v) is 5.56. The Morgan fingerprint density at radius 3 is 1.58 bits per heavy atom. The lowest BCUT2D eigenvalue weighted by molar-refractivity contribution is -0.110. The van der Waals surface area contributed by atoms with Gasteiger partial charge in [0, 0.05) is 24.0 Å². The van der Waals surface area contributed by atoms with Gasteiger partial charge in [0.2, 0.25) is 0 Å². The van der Waals surface area contributed by atoms with E-state index in [2.05, 4.69) is 23.7 Å². The van der Waals surface area contributed by atoms with Crippen LogP contribution in [0.2, 0.25) is 0 Å². The fraction of sp³-hybridized carbons (Fsp3) is 0.0870. The normalized spacial score (nSPS) is 21.6. The van der Waals surface area contributed by atoms with Crippen LogP contribution in [-0.2, 0) is 4.79 Å². The topological polar surface area (TPSA) is 17.1 Å². The summed E-state index contributed by atoms with van der Waals surface area (Å²) in [5.41, 5.74) is 4.08. The molecule has 0 N–H and O–H groups in total. The fourth-order valence-electron chi connectivity index (χ4n) is 2.43. The molecule has 1 nitrogen and oxygen atoms in total. The van der Waals surface area contributed by atoms with E-state index >= 15 is 0 Å². The molecule has 0 aromatic heterocycles. The number of rotatable bonds is 0. The Morgan fingerprint density at radius 1 is 0.625 bits per heavy atom. The first-order valence-electron chi connectivity index (χ1n) is 7.84. The molecule has 0 fully saturated rings. The van der Waals surface area contributed by atoms with Crippen molar-refractivity contribution in [3.63, 3.8) is 0 Å². The summed E-state index contributed by atoms with van der Waals surface area (Å²) in [6.45, 7) is 0. The molecule has 0 spiro atoms. The lowest BCUT2D eigenvalue weighted by Crippen LogP contribution is -1.89. The van der Waals surface area contributed by atoms with Crippen molar-refractivity contribution in [2.75, 3.05) is 0 Å². The van der Waals surface area contributed by atoms with Gasteiger partial charge in [-0.2, -0.15) is 0 Å². The Morgan fingerprint density at radius 2 is 1.08 bits per heavy atom. The second-order valence-electron chi connectivity index (χ2n) is 5.56. The quantitative estimate of drug-likeness (QED) is 0.609. The summed E-state index contributed by atoms with van der Waals surface area (Å²) in [5.74, 6) is 12.1. The highest BCUT2D eigenvalue weighted by Gasteiger charge is 2.02. The molecule has 0 aliphatic heterocycles. The highest BCUT2D eigenvalue weighted by atomic mass is 16.1. The number of allylic oxidation sites excluding steroid dienone is 16. The van der Waals surface area contributed by atoms with Crippen LogP contribution >= 0.6 is 0 Å². The molecule has 114 valence electrons. The fourth-order valence-corrected chi connectivity index (χ4v) is 2.43. The number of hydrogen-bond donors (Lipinski definition) is 0. The van der Waals surface area contributed by atoms with Crippen molar-refractivity contribution in [2.45, 2.75) is 12.8 Å². The predicted molar refractivity (Wildman–Crippen MR) is 98.7 cm³/mol. The summed E-state index contributed by atoms with van der Waals surface area (Å²) in [6.07, 6.45) is 24.1.